The highest BCUT2D eigenvalue weighted by Crippen LogP contribution is 2.40. The van der Waals surface area contributed by atoms with Crippen molar-refractivity contribution in [1.29, 1.82) is 0 Å². The molecule has 3 aromatic heterocycles. The van der Waals surface area contributed by atoms with Gasteiger partial charge in [-0.1, -0.05) is 23.9 Å². The lowest BCUT2D eigenvalue weighted by Gasteiger charge is -2.14. The highest BCUT2D eigenvalue weighted by atomic mass is 32.2. The van der Waals surface area contributed by atoms with Crippen LogP contribution < -0.4 is 5.73 Å². The van der Waals surface area contributed by atoms with Crippen LogP contribution in [0, 0.1) is 5.82 Å². The van der Waals surface area contributed by atoms with E-state index in [4.69, 9.17) is 10.5 Å². The van der Waals surface area contributed by atoms with Gasteiger partial charge in [0.25, 0.3) is 0 Å². The van der Waals surface area contributed by atoms with Crippen molar-refractivity contribution in [3.05, 3.63) is 54.0 Å². The van der Waals surface area contributed by atoms with Crippen LogP contribution in [0.15, 0.2) is 47.8 Å². The first kappa shape index (κ1) is 19.5. The van der Waals surface area contributed by atoms with E-state index in [0.29, 0.717) is 18.0 Å². The van der Waals surface area contributed by atoms with Crippen LogP contribution >= 0.6 is 23.1 Å². The topological polar surface area (TPSA) is 78.8 Å². The Morgan fingerprint density at radius 1 is 1.27 bits per heavy atom. The van der Waals surface area contributed by atoms with Gasteiger partial charge in [-0.15, -0.1) is 21.5 Å². The van der Waals surface area contributed by atoms with E-state index in [2.05, 4.69) is 19.7 Å². The fraction of sp³-hybridized carbons (Fsp3) is 0.286. The molecule has 2 N–H and O–H groups in total. The molecule has 1 fully saturated rings. The number of aromatic nitrogens is 4. The zero-order chi connectivity index (χ0) is 20.5. The van der Waals surface area contributed by atoms with Crippen LogP contribution in [-0.2, 0) is 17.0 Å². The number of fused-ring (bicyclic) bond motifs is 1. The van der Waals surface area contributed by atoms with Crippen molar-refractivity contribution in [2.24, 2.45) is 0 Å². The van der Waals surface area contributed by atoms with Gasteiger partial charge in [0, 0.05) is 23.9 Å². The summed E-state index contributed by atoms with van der Waals surface area (Å²) < 4.78 is 21.5. The molecule has 6 nitrogen and oxygen atoms in total. The van der Waals surface area contributed by atoms with Crippen molar-refractivity contribution in [3.8, 4) is 10.7 Å². The zero-order valence-corrected chi connectivity index (χ0v) is 17.8. The van der Waals surface area contributed by atoms with Crippen molar-refractivity contribution >= 4 is 39.0 Å². The quantitative estimate of drug-likeness (QED) is 0.435. The molecule has 154 valence electrons. The number of hydrogen-bond donors (Lipinski definition) is 1. The van der Waals surface area contributed by atoms with Gasteiger partial charge in [-0.2, -0.15) is 0 Å². The summed E-state index contributed by atoms with van der Waals surface area (Å²) in [6.07, 6.45) is 3.96. The molecule has 0 unspecified atom stereocenters. The van der Waals surface area contributed by atoms with E-state index in [1.807, 2.05) is 18.2 Å². The summed E-state index contributed by atoms with van der Waals surface area (Å²) in [5.74, 6) is 1.10. The molecule has 1 atom stereocenters. The lowest BCUT2D eigenvalue weighted by Crippen LogP contribution is -2.16. The van der Waals surface area contributed by atoms with E-state index in [1.54, 1.807) is 18.3 Å². The number of thiophene rings is 1. The highest BCUT2D eigenvalue weighted by molar-refractivity contribution is 7.98. The fourth-order valence-corrected chi connectivity index (χ4v) is 5.56. The molecule has 9 heteroatoms. The number of ether oxygens (including phenoxy) is 1. The Morgan fingerprint density at radius 2 is 2.20 bits per heavy atom. The van der Waals surface area contributed by atoms with Crippen LogP contribution in [-0.4, -0.2) is 32.5 Å². The van der Waals surface area contributed by atoms with Gasteiger partial charge in [0.1, 0.15) is 10.6 Å². The Bertz CT molecular complexity index is 1190. The van der Waals surface area contributed by atoms with Crippen molar-refractivity contribution < 1.29 is 9.13 Å². The number of nitrogens with two attached hydrogens (primary N) is 1. The SMILES string of the molecule is Nc1c(-c2nnc(SCc3cccc(F)c3)n2C[C@@H]2CCCO2)sc2ncccc12. The monoisotopic (exact) mass is 441 g/mol. The number of nitrogen functional groups attached to an aromatic ring is 1. The minimum absolute atomic E-state index is 0.127. The van der Waals surface area contributed by atoms with Gasteiger partial charge >= 0.3 is 0 Å². The standard InChI is InChI=1S/C21H20FN5OS2/c22-14-5-1-4-13(10-14)12-29-21-26-25-19(27(21)11-15-6-3-9-28-15)18-17(23)16-7-2-8-24-20(16)30-18/h1-2,4-5,7-8,10,15H,3,6,9,11-12,23H2/t15-/m0/s1. The van der Waals surface area contributed by atoms with Crippen LogP contribution in [0.2, 0.25) is 0 Å². The van der Waals surface area contributed by atoms with Gasteiger partial charge in [-0.25, -0.2) is 9.37 Å². The second-order valence-corrected chi connectivity index (χ2v) is 9.11. The lowest BCUT2D eigenvalue weighted by atomic mass is 10.2. The normalized spacial score (nSPS) is 16.5. The minimum Gasteiger partial charge on any atom is -0.397 e. The summed E-state index contributed by atoms with van der Waals surface area (Å²) in [5, 5.41) is 10.6. The first-order valence-electron chi connectivity index (χ1n) is 9.74. The van der Waals surface area contributed by atoms with Crippen molar-refractivity contribution in [2.45, 2.75) is 36.4 Å². The van der Waals surface area contributed by atoms with Gasteiger partial charge in [0.05, 0.1) is 23.2 Å². The Labute approximate surface area is 181 Å². The molecule has 0 spiro atoms. The number of anilines is 1. The average molecular weight is 442 g/mol. The van der Waals surface area contributed by atoms with Crippen LogP contribution in [0.5, 0.6) is 0 Å². The second-order valence-electron chi connectivity index (χ2n) is 7.17. The summed E-state index contributed by atoms with van der Waals surface area (Å²) in [6, 6.07) is 10.5. The van der Waals surface area contributed by atoms with Crippen LogP contribution in [0.4, 0.5) is 10.1 Å². The molecule has 0 radical (unpaired) electrons. The Hall–Kier alpha value is -2.49. The smallest absolute Gasteiger partial charge is 0.191 e. The summed E-state index contributed by atoms with van der Waals surface area (Å²) in [6.45, 7) is 1.44. The van der Waals surface area contributed by atoms with Gasteiger partial charge in [-0.3, -0.25) is 4.57 Å². The molecule has 1 aromatic carbocycles. The third-order valence-electron chi connectivity index (χ3n) is 5.09. The molecule has 1 saturated heterocycles. The molecule has 0 aliphatic carbocycles. The van der Waals surface area contributed by atoms with Crippen molar-refractivity contribution in [1.82, 2.24) is 19.7 Å². The summed E-state index contributed by atoms with van der Waals surface area (Å²) in [4.78, 5) is 6.18. The second kappa shape index (κ2) is 8.33. The lowest BCUT2D eigenvalue weighted by molar-refractivity contribution is 0.0953. The molecule has 1 aliphatic rings. The van der Waals surface area contributed by atoms with Crippen LogP contribution in [0.3, 0.4) is 0 Å². The number of nitrogens with zero attached hydrogens (tertiary/aromatic N) is 4. The minimum atomic E-state index is -0.236. The van der Waals surface area contributed by atoms with E-state index < -0.39 is 0 Å². The van der Waals surface area contributed by atoms with Gasteiger partial charge in [0.15, 0.2) is 11.0 Å². The van der Waals surface area contributed by atoms with Gasteiger partial charge in [-0.05, 0) is 42.7 Å². The number of pyridine rings is 1. The number of benzene rings is 1. The molecule has 0 saturated carbocycles. The Kier molecular flexibility index (Phi) is 5.41. The molecule has 4 aromatic rings. The van der Waals surface area contributed by atoms with Crippen LogP contribution in [0.1, 0.15) is 18.4 Å². The van der Waals surface area contributed by atoms with E-state index >= 15 is 0 Å². The maximum Gasteiger partial charge on any atom is 0.191 e. The number of rotatable bonds is 6. The Morgan fingerprint density at radius 3 is 3.00 bits per heavy atom. The molecule has 4 heterocycles. The number of thioether (sulfide) groups is 1. The van der Waals surface area contributed by atoms with E-state index in [-0.39, 0.29) is 11.9 Å². The van der Waals surface area contributed by atoms with Crippen molar-refractivity contribution in [2.75, 3.05) is 12.3 Å². The van der Waals surface area contributed by atoms with Crippen molar-refractivity contribution in [3.63, 3.8) is 0 Å². The first-order valence-corrected chi connectivity index (χ1v) is 11.5. The average Bonchev–Trinajstić information content (AvgIpc) is 3.47. The summed E-state index contributed by atoms with van der Waals surface area (Å²) in [5.41, 5.74) is 8.02. The van der Waals surface area contributed by atoms with E-state index in [1.165, 1.54) is 29.2 Å². The van der Waals surface area contributed by atoms with Gasteiger partial charge < -0.3 is 10.5 Å². The predicted molar refractivity (Wildman–Crippen MR) is 118 cm³/mol. The fourth-order valence-electron chi connectivity index (χ4n) is 3.61. The van der Waals surface area contributed by atoms with Crippen LogP contribution in [0.25, 0.3) is 20.9 Å². The molecule has 30 heavy (non-hydrogen) atoms. The molecule has 0 bridgehead atoms. The molecule has 1 aliphatic heterocycles. The zero-order valence-electron chi connectivity index (χ0n) is 16.1. The van der Waals surface area contributed by atoms with Gasteiger partial charge in [0.2, 0.25) is 0 Å². The van der Waals surface area contributed by atoms with E-state index in [9.17, 15) is 4.39 Å². The maximum atomic E-state index is 13.5. The number of hydrogen-bond acceptors (Lipinski definition) is 7. The largest absolute Gasteiger partial charge is 0.397 e. The van der Waals surface area contributed by atoms with E-state index in [0.717, 1.165) is 51.1 Å². The molecular weight excluding hydrogens is 421 g/mol. The predicted octanol–water partition coefficient (Wildman–Crippen LogP) is 4.75. The highest BCUT2D eigenvalue weighted by Gasteiger charge is 2.24. The molecule has 0 amide bonds. The maximum absolute atomic E-state index is 13.5. The molecule has 5 rings (SSSR count). The third-order valence-corrected chi connectivity index (χ3v) is 7.25. The third kappa shape index (κ3) is 3.80. The summed E-state index contributed by atoms with van der Waals surface area (Å²) >= 11 is 3.06. The Balaban J connectivity index is 1.50. The molecular formula is C21H20FN5OS2. The number of halogens is 1. The summed E-state index contributed by atoms with van der Waals surface area (Å²) in [7, 11) is 0. The first-order chi connectivity index (χ1) is 14.7.